The Balaban J connectivity index is 3.05. The molecule has 0 radical (unpaired) electrons. The number of ether oxygens (including phenoxy) is 1. The summed E-state index contributed by atoms with van der Waals surface area (Å²) in [4.78, 5) is 35.9. The van der Waals surface area contributed by atoms with Crippen LogP contribution in [0.2, 0.25) is 0 Å². The Morgan fingerprint density at radius 3 is 2.23 bits per heavy atom. The lowest BCUT2D eigenvalue weighted by atomic mass is 9.97. The molecule has 6 heteroatoms. The van der Waals surface area contributed by atoms with Crippen molar-refractivity contribution < 1.29 is 24.2 Å². The predicted molar refractivity (Wildman–Crippen MR) is 80.8 cm³/mol. The molecule has 1 aromatic carbocycles. The second-order valence-electron chi connectivity index (χ2n) is 5.29. The van der Waals surface area contributed by atoms with Crippen molar-refractivity contribution in [2.24, 2.45) is 5.92 Å². The fourth-order valence-electron chi connectivity index (χ4n) is 2.04. The molecule has 0 aliphatic heterocycles. The molecule has 1 rings (SSSR count). The highest BCUT2D eigenvalue weighted by molar-refractivity contribution is 6.14. The van der Waals surface area contributed by atoms with E-state index < -0.39 is 29.6 Å². The van der Waals surface area contributed by atoms with Gasteiger partial charge in [-0.05, 0) is 5.92 Å². The monoisotopic (exact) mass is 307 g/mol. The van der Waals surface area contributed by atoms with Gasteiger partial charge < -0.3 is 9.84 Å². The van der Waals surface area contributed by atoms with E-state index in [1.54, 1.807) is 44.2 Å². The SMILES string of the molecule is COCC(=O)C(NC(C(=O)O)C(C)C)C(=O)c1ccccc1. The molecule has 0 fully saturated rings. The molecule has 0 aromatic heterocycles. The Hall–Kier alpha value is -2.05. The molecular weight excluding hydrogens is 286 g/mol. The predicted octanol–water partition coefficient (Wildman–Crippen LogP) is 1.15. The van der Waals surface area contributed by atoms with Gasteiger partial charge in [-0.1, -0.05) is 44.2 Å². The second kappa shape index (κ2) is 8.41. The first-order valence-electron chi connectivity index (χ1n) is 6.98. The molecule has 0 aliphatic carbocycles. The topological polar surface area (TPSA) is 92.7 Å². The number of hydrogen-bond donors (Lipinski definition) is 2. The van der Waals surface area contributed by atoms with Crippen LogP contribution in [0.15, 0.2) is 30.3 Å². The highest BCUT2D eigenvalue weighted by atomic mass is 16.5. The van der Waals surface area contributed by atoms with Crippen molar-refractivity contribution in [3.8, 4) is 0 Å². The maximum atomic E-state index is 12.5. The van der Waals surface area contributed by atoms with E-state index >= 15 is 0 Å². The lowest BCUT2D eigenvalue weighted by Gasteiger charge is -2.23. The van der Waals surface area contributed by atoms with Crippen LogP contribution in [0.25, 0.3) is 0 Å². The van der Waals surface area contributed by atoms with Crippen molar-refractivity contribution >= 4 is 17.5 Å². The van der Waals surface area contributed by atoms with Crippen molar-refractivity contribution in [3.05, 3.63) is 35.9 Å². The lowest BCUT2D eigenvalue weighted by molar-refractivity contribution is -0.141. The minimum Gasteiger partial charge on any atom is -0.480 e. The van der Waals surface area contributed by atoms with Gasteiger partial charge in [0, 0.05) is 12.7 Å². The maximum absolute atomic E-state index is 12.5. The first-order chi connectivity index (χ1) is 10.4. The number of carboxylic acid groups (broad SMARTS) is 1. The molecule has 22 heavy (non-hydrogen) atoms. The van der Waals surface area contributed by atoms with Gasteiger partial charge >= 0.3 is 5.97 Å². The summed E-state index contributed by atoms with van der Waals surface area (Å²) in [6.07, 6.45) is 0. The minimum atomic E-state index is -1.24. The van der Waals surface area contributed by atoms with Gasteiger partial charge in [-0.25, -0.2) is 0 Å². The van der Waals surface area contributed by atoms with E-state index in [-0.39, 0.29) is 12.5 Å². The number of carbonyl (C=O) groups excluding carboxylic acids is 2. The molecule has 0 amide bonds. The summed E-state index contributed by atoms with van der Waals surface area (Å²) in [5.74, 6) is -2.34. The molecular formula is C16H21NO5. The van der Waals surface area contributed by atoms with E-state index in [4.69, 9.17) is 4.74 Å². The van der Waals surface area contributed by atoms with Crippen molar-refractivity contribution in [2.45, 2.75) is 25.9 Å². The highest BCUT2D eigenvalue weighted by Gasteiger charge is 2.33. The van der Waals surface area contributed by atoms with E-state index in [2.05, 4.69) is 5.32 Å². The number of methoxy groups -OCH3 is 1. The number of carbonyl (C=O) groups is 3. The third kappa shape index (κ3) is 4.75. The number of hydrogen-bond acceptors (Lipinski definition) is 5. The molecule has 0 heterocycles. The zero-order chi connectivity index (χ0) is 16.7. The molecule has 0 spiro atoms. The molecule has 2 atom stereocenters. The van der Waals surface area contributed by atoms with E-state index in [0.717, 1.165) is 0 Å². The molecule has 1 aromatic rings. The number of rotatable bonds is 9. The number of carboxylic acids is 1. The third-order valence-electron chi connectivity index (χ3n) is 3.21. The number of ketones is 2. The van der Waals surface area contributed by atoms with E-state index in [1.807, 2.05) is 0 Å². The summed E-state index contributed by atoms with van der Waals surface area (Å²) in [6.45, 7) is 3.15. The summed E-state index contributed by atoms with van der Waals surface area (Å²) in [5, 5.41) is 11.9. The van der Waals surface area contributed by atoms with Crippen LogP contribution >= 0.6 is 0 Å². The standard InChI is InChI=1S/C16H21NO5/c1-10(2)13(16(20)21)17-14(12(18)9-22-3)15(19)11-7-5-4-6-8-11/h4-8,10,13-14,17H,9H2,1-3H3,(H,20,21). The summed E-state index contributed by atoms with van der Waals surface area (Å²) >= 11 is 0. The Kier molecular flexibility index (Phi) is 6.88. The quantitative estimate of drug-likeness (QED) is 0.525. The molecule has 2 N–H and O–H groups in total. The van der Waals surface area contributed by atoms with Crippen LogP contribution in [0.1, 0.15) is 24.2 Å². The normalized spacial score (nSPS) is 13.6. The number of Topliss-reactive ketones (excluding diaryl/α,β-unsaturated/α-hetero) is 2. The first kappa shape index (κ1) is 18.0. The van der Waals surface area contributed by atoms with Crippen molar-refractivity contribution in [2.75, 3.05) is 13.7 Å². The highest BCUT2D eigenvalue weighted by Crippen LogP contribution is 2.09. The van der Waals surface area contributed by atoms with Gasteiger partial charge in [-0.2, -0.15) is 0 Å². The average molecular weight is 307 g/mol. The Labute approximate surface area is 129 Å². The van der Waals surface area contributed by atoms with Crippen LogP contribution in [0, 0.1) is 5.92 Å². The Bertz CT molecular complexity index is 527. The summed E-state index contributed by atoms with van der Waals surface area (Å²) in [7, 11) is 1.35. The van der Waals surface area contributed by atoms with Crippen molar-refractivity contribution in [3.63, 3.8) is 0 Å². The summed E-state index contributed by atoms with van der Waals surface area (Å²) in [6, 6.07) is 6.04. The molecule has 0 saturated heterocycles. The second-order valence-corrected chi connectivity index (χ2v) is 5.29. The average Bonchev–Trinajstić information content (AvgIpc) is 2.47. The van der Waals surface area contributed by atoms with E-state index in [0.29, 0.717) is 5.56 Å². The zero-order valence-corrected chi connectivity index (χ0v) is 12.9. The van der Waals surface area contributed by atoms with Gasteiger partial charge in [-0.3, -0.25) is 19.7 Å². The first-order valence-corrected chi connectivity index (χ1v) is 6.98. The van der Waals surface area contributed by atoms with Gasteiger partial charge in [0.2, 0.25) is 0 Å². The van der Waals surface area contributed by atoms with E-state index in [9.17, 15) is 19.5 Å². The fourth-order valence-corrected chi connectivity index (χ4v) is 2.04. The summed E-state index contributed by atoms with van der Waals surface area (Å²) in [5.41, 5.74) is 0.345. The van der Waals surface area contributed by atoms with Gasteiger partial charge in [-0.15, -0.1) is 0 Å². The van der Waals surface area contributed by atoms with Crippen LogP contribution in [0.5, 0.6) is 0 Å². The Morgan fingerprint density at radius 1 is 1.18 bits per heavy atom. The molecule has 0 aliphatic rings. The molecule has 120 valence electrons. The van der Waals surface area contributed by atoms with Crippen molar-refractivity contribution in [1.82, 2.24) is 5.32 Å². The molecule has 0 saturated carbocycles. The van der Waals surface area contributed by atoms with Crippen LogP contribution in [0.3, 0.4) is 0 Å². The summed E-state index contributed by atoms with van der Waals surface area (Å²) < 4.78 is 4.78. The van der Waals surface area contributed by atoms with Gasteiger partial charge in [0.05, 0.1) is 0 Å². The molecule has 6 nitrogen and oxygen atoms in total. The van der Waals surface area contributed by atoms with Crippen LogP contribution < -0.4 is 5.32 Å². The largest absolute Gasteiger partial charge is 0.480 e. The molecule has 2 unspecified atom stereocenters. The smallest absolute Gasteiger partial charge is 0.320 e. The van der Waals surface area contributed by atoms with Gasteiger partial charge in [0.15, 0.2) is 11.6 Å². The lowest BCUT2D eigenvalue weighted by Crippen LogP contribution is -2.54. The number of aliphatic carboxylic acids is 1. The molecule has 0 bridgehead atoms. The van der Waals surface area contributed by atoms with Gasteiger partial charge in [0.1, 0.15) is 18.7 Å². The van der Waals surface area contributed by atoms with Crippen molar-refractivity contribution in [1.29, 1.82) is 0 Å². The van der Waals surface area contributed by atoms with Crippen LogP contribution in [0.4, 0.5) is 0 Å². The van der Waals surface area contributed by atoms with E-state index in [1.165, 1.54) is 7.11 Å². The van der Waals surface area contributed by atoms with Crippen LogP contribution in [-0.2, 0) is 14.3 Å². The number of benzene rings is 1. The third-order valence-corrected chi connectivity index (χ3v) is 3.21. The van der Waals surface area contributed by atoms with Gasteiger partial charge in [0.25, 0.3) is 0 Å². The fraction of sp³-hybridized carbons (Fsp3) is 0.438. The zero-order valence-electron chi connectivity index (χ0n) is 12.9. The Morgan fingerprint density at radius 2 is 1.77 bits per heavy atom. The maximum Gasteiger partial charge on any atom is 0.320 e. The van der Waals surface area contributed by atoms with Crippen LogP contribution in [-0.4, -0.2) is 48.4 Å². The minimum absolute atomic E-state index is 0.263. The number of nitrogens with one attached hydrogen (secondary N) is 1.